The van der Waals surface area contributed by atoms with Crippen LogP contribution in [0, 0.1) is 5.92 Å². The van der Waals surface area contributed by atoms with Crippen LogP contribution in [0.4, 0.5) is 0 Å². The highest BCUT2D eigenvalue weighted by Crippen LogP contribution is 2.22. The number of esters is 1. The third-order valence-electron chi connectivity index (χ3n) is 2.49. The molecular formula is C13H19NO2. The van der Waals surface area contributed by atoms with Gasteiger partial charge in [-0.15, -0.1) is 0 Å². The summed E-state index contributed by atoms with van der Waals surface area (Å²) >= 11 is 0. The summed E-state index contributed by atoms with van der Waals surface area (Å²) in [6.45, 7) is 4.22. The van der Waals surface area contributed by atoms with Crippen LogP contribution in [0.3, 0.4) is 0 Å². The van der Waals surface area contributed by atoms with Crippen LogP contribution in [0.15, 0.2) is 24.3 Å². The number of rotatable bonds is 4. The van der Waals surface area contributed by atoms with E-state index in [0.717, 1.165) is 12.0 Å². The summed E-state index contributed by atoms with van der Waals surface area (Å²) in [4.78, 5) is 11.5. The fraction of sp³-hybridized carbons (Fsp3) is 0.462. The van der Waals surface area contributed by atoms with Gasteiger partial charge in [0.1, 0.15) is 0 Å². The Labute approximate surface area is 96.6 Å². The zero-order valence-corrected chi connectivity index (χ0v) is 10.1. The van der Waals surface area contributed by atoms with Crippen molar-refractivity contribution in [2.75, 3.05) is 7.11 Å². The van der Waals surface area contributed by atoms with E-state index >= 15 is 0 Å². The molecule has 1 aromatic rings. The smallest absolute Gasteiger partial charge is 0.338 e. The molecule has 0 fully saturated rings. The van der Waals surface area contributed by atoms with Crippen LogP contribution >= 0.6 is 0 Å². The molecule has 0 saturated carbocycles. The maximum absolute atomic E-state index is 11.5. The molecule has 0 spiro atoms. The van der Waals surface area contributed by atoms with Crippen LogP contribution in [0.1, 0.15) is 42.2 Å². The van der Waals surface area contributed by atoms with Crippen LogP contribution in [0.2, 0.25) is 0 Å². The molecule has 88 valence electrons. The average molecular weight is 221 g/mol. The summed E-state index contributed by atoms with van der Waals surface area (Å²) in [7, 11) is 1.38. The van der Waals surface area contributed by atoms with Crippen molar-refractivity contribution < 1.29 is 9.53 Å². The normalized spacial score (nSPS) is 12.6. The molecule has 0 heterocycles. The highest BCUT2D eigenvalue weighted by molar-refractivity contribution is 5.91. The summed E-state index contributed by atoms with van der Waals surface area (Å²) in [6.07, 6.45) is 0.855. The van der Waals surface area contributed by atoms with E-state index in [2.05, 4.69) is 13.8 Å². The number of hydrogen-bond acceptors (Lipinski definition) is 3. The lowest BCUT2D eigenvalue weighted by Crippen LogP contribution is -2.17. The van der Waals surface area contributed by atoms with Gasteiger partial charge in [0, 0.05) is 6.04 Å². The fourth-order valence-electron chi connectivity index (χ4n) is 1.75. The van der Waals surface area contributed by atoms with E-state index in [1.807, 2.05) is 18.2 Å². The van der Waals surface area contributed by atoms with Crippen molar-refractivity contribution in [3.05, 3.63) is 35.4 Å². The standard InChI is InChI=1S/C13H19NO2/c1-9(2)8-12(14)10-6-4-5-7-11(10)13(15)16-3/h4-7,9,12H,8,14H2,1-3H3/t12-/m1/s1. The molecule has 1 rings (SSSR count). The molecule has 0 aliphatic rings. The predicted octanol–water partition coefficient (Wildman–Crippen LogP) is 2.52. The highest BCUT2D eigenvalue weighted by atomic mass is 16.5. The van der Waals surface area contributed by atoms with Gasteiger partial charge in [0.05, 0.1) is 12.7 Å². The Balaban J connectivity index is 2.98. The lowest BCUT2D eigenvalue weighted by Gasteiger charge is -2.17. The van der Waals surface area contributed by atoms with Gasteiger partial charge in [-0.2, -0.15) is 0 Å². The molecule has 0 amide bonds. The van der Waals surface area contributed by atoms with Gasteiger partial charge in [0.15, 0.2) is 0 Å². The van der Waals surface area contributed by atoms with Crippen LogP contribution in [-0.4, -0.2) is 13.1 Å². The van der Waals surface area contributed by atoms with Gasteiger partial charge >= 0.3 is 5.97 Å². The van der Waals surface area contributed by atoms with Crippen molar-refractivity contribution in [3.8, 4) is 0 Å². The largest absolute Gasteiger partial charge is 0.465 e. The van der Waals surface area contributed by atoms with Gasteiger partial charge in [0.2, 0.25) is 0 Å². The molecule has 1 aromatic carbocycles. The molecule has 0 saturated heterocycles. The Morgan fingerprint density at radius 1 is 1.38 bits per heavy atom. The van der Waals surface area contributed by atoms with Crippen LogP contribution < -0.4 is 5.73 Å². The first-order chi connectivity index (χ1) is 7.56. The van der Waals surface area contributed by atoms with Gasteiger partial charge in [-0.1, -0.05) is 32.0 Å². The van der Waals surface area contributed by atoms with Crippen molar-refractivity contribution in [2.45, 2.75) is 26.3 Å². The van der Waals surface area contributed by atoms with Crippen LogP contribution in [0.5, 0.6) is 0 Å². The highest BCUT2D eigenvalue weighted by Gasteiger charge is 2.16. The number of ether oxygens (including phenoxy) is 1. The predicted molar refractivity (Wildman–Crippen MR) is 64.2 cm³/mol. The minimum atomic E-state index is -0.324. The van der Waals surface area contributed by atoms with E-state index < -0.39 is 0 Å². The molecule has 3 heteroatoms. The minimum Gasteiger partial charge on any atom is -0.465 e. The molecule has 0 aromatic heterocycles. The lowest BCUT2D eigenvalue weighted by atomic mass is 9.94. The van der Waals surface area contributed by atoms with E-state index in [0.29, 0.717) is 11.5 Å². The van der Waals surface area contributed by atoms with Crippen LogP contribution in [0.25, 0.3) is 0 Å². The average Bonchev–Trinajstić information content (AvgIpc) is 2.27. The van der Waals surface area contributed by atoms with E-state index in [1.165, 1.54) is 7.11 Å². The van der Waals surface area contributed by atoms with Crippen molar-refractivity contribution >= 4 is 5.97 Å². The van der Waals surface area contributed by atoms with E-state index in [9.17, 15) is 4.79 Å². The molecule has 0 radical (unpaired) electrons. The second kappa shape index (κ2) is 5.66. The van der Waals surface area contributed by atoms with Gasteiger partial charge in [-0.25, -0.2) is 4.79 Å². The third kappa shape index (κ3) is 3.07. The van der Waals surface area contributed by atoms with Crippen LogP contribution in [-0.2, 0) is 4.74 Å². The quantitative estimate of drug-likeness (QED) is 0.795. The summed E-state index contributed by atoms with van der Waals surface area (Å²) in [6, 6.07) is 7.23. The van der Waals surface area contributed by atoms with Gasteiger partial charge < -0.3 is 10.5 Å². The van der Waals surface area contributed by atoms with Crippen molar-refractivity contribution in [1.29, 1.82) is 0 Å². The number of benzene rings is 1. The Morgan fingerprint density at radius 3 is 2.56 bits per heavy atom. The molecule has 0 unspecified atom stereocenters. The topological polar surface area (TPSA) is 52.3 Å². The van der Waals surface area contributed by atoms with Gasteiger partial charge in [0.25, 0.3) is 0 Å². The SMILES string of the molecule is COC(=O)c1ccccc1[C@H](N)CC(C)C. The number of nitrogens with two attached hydrogens (primary N) is 1. The summed E-state index contributed by atoms with van der Waals surface area (Å²) in [5.41, 5.74) is 7.51. The first-order valence-corrected chi connectivity index (χ1v) is 5.49. The van der Waals surface area contributed by atoms with Crippen molar-refractivity contribution in [2.24, 2.45) is 11.7 Å². The first kappa shape index (κ1) is 12.7. The number of methoxy groups -OCH3 is 1. The van der Waals surface area contributed by atoms with E-state index in [-0.39, 0.29) is 12.0 Å². The third-order valence-corrected chi connectivity index (χ3v) is 2.49. The Bertz CT molecular complexity index is 361. The Kier molecular flexibility index (Phi) is 4.50. The Hall–Kier alpha value is -1.35. The summed E-state index contributed by atoms with van der Waals surface area (Å²) in [5, 5.41) is 0. The molecule has 2 N–H and O–H groups in total. The molecular weight excluding hydrogens is 202 g/mol. The second-order valence-electron chi connectivity index (χ2n) is 4.31. The van der Waals surface area contributed by atoms with Crippen molar-refractivity contribution in [3.63, 3.8) is 0 Å². The zero-order chi connectivity index (χ0) is 12.1. The monoisotopic (exact) mass is 221 g/mol. The van der Waals surface area contributed by atoms with Gasteiger partial charge in [-0.3, -0.25) is 0 Å². The molecule has 16 heavy (non-hydrogen) atoms. The van der Waals surface area contributed by atoms with E-state index in [1.54, 1.807) is 6.07 Å². The summed E-state index contributed by atoms with van der Waals surface area (Å²) in [5.74, 6) is 0.176. The summed E-state index contributed by atoms with van der Waals surface area (Å²) < 4.78 is 4.74. The van der Waals surface area contributed by atoms with E-state index in [4.69, 9.17) is 10.5 Å². The fourth-order valence-corrected chi connectivity index (χ4v) is 1.75. The Morgan fingerprint density at radius 2 is 2.00 bits per heavy atom. The van der Waals surface area contributed by atoms with Gasteiger partial charge in [-0.05, 0) is 24.0 Å². The maximum atomic E-state index is 11.5. The number of carbonyl (C=O) groups is 1. The van der Waals surface area contributed by atoms with Crippen molar-refractivity contribution in [1.82, 2.24) is 0 Å². The molecule has 0 bridgehead atoms. The molecule has 3 nitrogen and oxygen atoms in total. The minimum absolute atomic E-state index is 0.115. The molecule has 1 atom stereocenters. The first-order valence-electron chi connectivity index (χ1n) is 5.49. The lowest BCUT2D eigenvalue weighted by molar-refractivity contribution is 0.0598. The maximum Gasteiger partial charge on any atom is 0.338 e. The number of hydrogen-bond donors (Lipinski definition) is 1. The second-order valence-corrected chi connectivity index (χ2v) is 4.31. The number of carbonyl (C=O) groups excluding carboxylic acids is 1. The zero-order valence-electron chi connectivity index (χ0n) is 10.1. The molecule has 0 aliphatic carbocycles. The molecule has 0 aliphatic heterocycles.